The lowest BCUT2D eigenvalue weighted by atomic mass is 9.93. The van der Waals surface area contributed by atoms with Crippen LogP contribution in [0, 0.1) is 43.4 Å². The molecule has 0 atom stereocenters. The Balaban J connectivity index is 3.58. The number of halogens is 2. The van der Waals surface area contributed by atoms with Crippen LogP contribution in [0.4, 0.5) is 0 Å². The Kier molecular flexibility index (Phi) is 4.79. The summed E-state index contributed by atoms with van der Waals surface area (Å²) in [7, 11) is 0. The summed E-state index contributed by atoms with van der Waals surface area (Å²) < 4.78 is 0. The third-order valence-electron chi connectivity index (χ3n) is 2.84. The lowest BCUT2D eigenvalue weighted by Crippen LogP contribution is -1.99. The zero-order valence-corrected chi connectivity index (χ0v) is 11.9. The molecule has 0 saturated carbocycles. The fraction of sp³-hybridized carbons (Fsp3) is 0.286. The Morgan fingerprint density at radius 3 is 2.17 bits per heavy atom. The lowest BCUT2D eigenvalue weighted by molar-refractivity contribution is 1.17. The molecule has 0 heterocycles. The van der Waals surface area contributed by atoms with Gasteiger partial charge in [-0.1, -0.05) is 6.07 Å². The highest BCUT2D eigenvalue weighted by Gasteiger charge is 2.15. The molecule has 0 amide bonds. The van der Waals surface area contributed by atoms with Gasteiger partial charge in [-0.2, -0.15) is 10.5 Å². The first-order valence-corrected chi connectivity index (χ1v) is 6.20. The molecule has 0 aliphatic carbocycles. The number of alkyl halides is 2. The number of hydrogen-bond donors (Lipinski definition) is 0. The van der Waals surface area contributed by atoms with Crippen molar-refractivity contribution in [1.29, 1.82) is 10.5 Å². The zero-order valence-electron chi connectivity index (χ0n) is 10.4. The van der Waals surface area contributed by atoms with Crippen molar-refractivity contribution in [2.45, 2.75) is 25.6 Å². The molecule has 0 aliphatic rings. The van der Waals surface area contributed by atoms with Crippen LogP contribution in [0.3, 0.4) is 0 Å². The fourth-order valence-electron chi connectivity index (χ4n) is 2.01. The minimum atomic E-state index is -0.620. The minimum absolute atomic E-state index is 0.0664. The van der Waals surface area contributed by atoms with E-state index in [4.69, 9.17) is 33.7 Å². The van der Waals surface area contributed by atoms with Gasteiger partial charge in [0.2, 0.25) is 0 Å². The van der Waals surface area contributed by atoms with E-state index in [2.05, 4.69) is 0 Å². The van der Waals surface area contributed by atoms with Gasteiger partial charge in [-0.15, -0.1) is 23.2 Å². The molecule has 4 heteroatoms. The van der Waals surface area contributed by atoms with E-state index in [9.17, 15) is 0 Å². The summed E-state index contributed by atoms with van der Waals surface area (Å²) in [5, 5.41) is 17.6. The Morgan fingerprint density at radius 2 is 1.72 bits per heavy atom. The molecular weight excluding hydrogens is 267 g/mol. The monoisotopic (exact) mass is 278 g/mol. The lowest BCUT2D eigenvalue weighted by Gasteiger charge is -2.16. The molecule has 0 radical (unpaired) electrons. The van der Waals surface area contributed by atoms with E-state index in [1.54, 1.807) is 6.08 Å². The standard InChI is InChI=1S/C14H12Cl2N2/c1-8-4-9(2)13(14(15)16)10(3)12(8)5-11(6-17)7-18/h4-5,14H,1-3H3. The van der Waals surface area contributed by atoms with Gasteiger partial charge in [-0.05, 0) is 54.7 Å². The number of benzene rings is 1. The molecule has 1 rings (SSSR count). The maximum atomic E-state index is 8.81. The second-order valence-corrected chi connectivity index (χ2v) is 5.14. The highest BCUT2D eigenvalue weighted by atomic mass is 35.5. The van der Waals surface area contributed by atoms with Crippen molar-refractivity contribution in [3.05, 3.63) is 39.5 Å². The van der Waals surface area contributed by atoms with E-state index >= 15 is 0 Å². The van der Waals surface area contributed by atoms with Gasteiger partial charge in [0.25, 0.3) is 0 Å². The van der Waals surface area contributed by atoms with Gasteiger partial charge in [0.1, 0.15) is 22.5 Å². The van der Waals surface area contributed by atoms with E-state index in [0.717, 1.165) is 27.8 Å². The van der Waals surface area contributed by atoms with Gasteiger partial charge in [0.15, 0.2) is 0 Å². The Bertz CT molecular complexity index is 571. The van der Waals surface area contributed by atoms with E-state index < -0.39 is 4.84 Å². The molecule has 0 N–H and O–H groups in total. The van der Waals surface area contributed by atoms with Crippen molar-refractivity contribution in [1.82, 2.24) is 0 Å². The van der Waals surface area contributed by atoms with Crippen LogP contribution in [0.25, 0.3) is 6.08 Å². The van der Waals surface area contributed by atoms with Crippen molar-refractivity contribution in [2.75, 3.05) is 0 Å². The van der Waals surface area contributed by atoms with Crippen molar-refractivity contribution in [3.63, 3.8) is 0 Å². The third-order valence-corrected chi connectivity index (χ3v) is 3.27. The van der Waals surface area contributed by atoms with E-state index in [1.165, 1.54) is 0 Å². The molecule has 92 valence electrons. The Labute approximate surface area is 117 Å². The summed E-state index contributed by atoms with van der Waals surface area (Å²) in [6, 6.07) is 5.66. The molecule has 0 aliphatic heterocycles. The van der Waals surface area contributed by atoms with Crippen LogP contribution in [0.5, 0.6) is 0 Å². The van der Waals surface area contributed by atoms with Crippen molar-refractivity contribution < 1.29 is 0 Å². The van der Waals surface area contributed by atoms with Crippen molar-refractivity contribution >= 4 is 29.3 Å². The third kappa shape index (κ3) is 2.85. The molecule has 0 saturated heterocycles. The molecule has 2 nitrogen and oxygen atoms in total. The molecule has 1 aromatic carbocycles. The maximum absolute atomic E-state index is 8.81. The van der Waals surface area contributed by atoms with Gasteiger partial charge in [-0.3, -0.25) is 0 Å². The average Bonchev–Trinajstić information content (AvgIpc) is 2.28. The Hall–Kier alpha value is -1.48. The largest absolute Gasteiger partial charge is 0.192 e. The molecular formula is C14H12Cl2N2. The first-order valence-electron chi connectivity index (χ1n) is 5.33. The number of nitrogens with zero attached hydrogens (tertiary/aromatic N) is 2. The number of aryl methyl sites for hydroxylation is 2. The first-order chi connectivity index (χ1) is 8.42. The van der Waals surface area contributed by atoms with E-state index in [0.29, 0.717) is 0 Å². The van der Waals surface area contributed by atoms with Gasteiger partial charge in [-0.25, -0.2) is 0 Å². The van der Waals surface area contributed by atoms with Crippen molar-refractivity contribution in [2.24, 2.45) is 0 Å². The van der Waals surface area contributed by atoms with Crippen LogP contribution in [-0.2, 0) is 0 Å². The smallest absolute Gasteiger partial charge is 0.133 e. The van der Waals surface area contributed by atoms with Gasteiger partial charge >= 0.3 is 0 Å². The van der Waals surface area contributed by atoms with Crippen LogP contribution in [0.15, 0.2) is 11.6 Å². The number of nitriles is 2. The molecule has 0 spiro atoms. The highest BCUT2D eigenvalue weighted by molar-refractivity contribution is 6.44. The summed E-state index contributed by atoms with van der Waals surface area (Å²) >= 11 is 11.9. The Morgan fingerprint density at radius 1 is 1.17 bits per heavy atom. The predicted molar refractivity (Wildman–Crippen MR) is 74.3 cm³/mol. The second kappa shape index (κ2) is 5.91. The topological polar surface area (TPSA) is 47.6 Å². The number of hydrogen-bond acceptors (Lipinski definition) is 2. The van der Waals surface area contributed by atoms with E-state index in [-0.39, 0.29) is 5.57 Å². The van der Waals surface area contributed by atoms with Crippen molar-refractivity contribution in [3.8, 4) is 12.1 Å². The molecule has 18 heavy (non-hydrogen) atoms. The van der Waals surface area contributed by atoms with Crippen LogP contribution < -0.4 is 0 Å². The zero-order chi connectivity index (χ0) is 13.9. The summed E-state index contributed by atoms with van der Waals surface area (Å²) in [6.07, 6.45) is 1.57. The normalized spacial score (nSPS) is 9.78. The van der Waals surface area contributed by atoms with Gasteiger partial charge < -0.3 is 0 Å². The molecule has 0 unspecified atom stereocenters. The van der Waals surface area contributed by atoms with Gasteiger partial charge in [0.05, 0.1) is 0 Å². The quantitative estimate of drug-likeness (QED) is 0.590. The first kappa shape index (κ1) is 14.6. The molecule has 0 bridgehead atoms. The van der Waals surface area contributed by atoms with Gasteiger partial charge in [0, 0.05) is 0 Å². The minimum Gasteiger partial charge on any atom is -0.192 e. The summed E-state index contributed by atoms with van der Waals surface area (Å²) in [4.78, 5) is -0.620. The van der Waals surface area contributed by atoms with Crippen LogP contribution in [0.1, 0.15) is 32.7 Å². The summed E-state index contributed by atoms with van der Waals surface area (Å²) in [5.41, 5.74) is 4.64. The molecule has 0 fully saturated rings. The van der Waals surface area contributed by atoms with Crippen LogP contribution in [-0.4, -0.2) is 0 Å². The summed E-state index contributed by atoms with van der Waals surface area (Å²) in [5.74, 6) is 0. The predicted octanol–water partition coefficient (Wildman–Crippen LogP) is 4.52. The number of allylic oxidation sites excluding steroid dienone is 1. The molecule has 0 aromatic heterocycles. The highest BCUT2D eigenvalue weighted by Crippen LogP contribution is 2.34. The average molecular weight is 279 g/mol. The van der Waals surface area contributed by atoms with Crippen LogP contribution >= 0.6 is 23.2 Å². The van der Waals surface area contributed by atoms with Crippen LogP contribution in [0.2, 0.25) is 0 Å². The van der Waals surface area contributed by atoms with E-state index in [1.807, 2.05) is 39.0 Å². The number of rotatable bonds is 2. The maximum Gasteiger partial charge on any atom is 0.133 e. The SMILES string of the molecule is Cc1cc(C)c(C(Cl)Cl)c(C)c1C=C(C#N)C#N. The molecule has 1 aromatic rings. The summed E-state index contributed by atoms with van der Waals surface area (Å²) in [6.45, 7) is 5.76. The fourth-order valence-corrected chi connectivity index (χ4v) is 2.68. The second-order valence-electron chi connectivity index (χ2n) is 4.05.